The maximum absolute atomic E-state index is 12.6. The maximum Gasteiger partial charge on any atom is 0.315 e. The summed E-state index contributed by atoms with van der Waals surface area (Å²) < 4.78 is 86.3. The summed E-state index contributed by atoms with van der Waals surface area (Å²) >= 11 is 3.01. The van der Waals surface area contributed by atoms with Crippen LogP contribution >= 0.6 is 34.4 Å². The number of rotatable bonds is 19. The first kappa shape index (κ1) is 56.0. The monoisotopic (exact) mass is 1070 g/mol. The lowest BCUT2D eigenvalue weighted by atomic mass is 10.2. The zero-order valence-electron chi connectivity index (χ0n) is 38.9. The van der Waals surface area contributed by atoms with Crippen LogP contribution in [0.5, 0.6) is 11.5 Å². The Kier molecular flexibility index (Phi) is 20.2. The lowest BCUT2D eigenvalue weighted by Crippen LogP contribution is -2.29. The van der Waals surface area contributed by atoms with Crippen LogP contribution in [0.1, 0.15) is 50.2 Å². The summed E-state index contributed by atoms with van der Waals surface area (Å²) in [5, 5.41) is 10.4. The van der Waals surface area contributed by atoms with Crippen LogP contribution in [0.15, 0.2) is 74.2 Å². The molecule has 0 saturated heterocycles. The molecule has 0 bridgehead atoms. The number of nitrogens with one attached hydrogen (secondary N) is 6. The van der Waals surface area contributed by atoms with Gasteiger partial charge in [0.25, 0.3) is 0 Å². The minimum absolute atomic E-state index is 0.0769. The fourth-order valence-corrected chi connectivity index (χ4v) is 10.1. The van der Waals surface area contributed by atoms with Crippen LogP contribution in [0.4, 0.5) is 21.6 Å². The topological polar surface area (TPSA) is 300 Å². The van der Waals surface area contributed by atoms with E-state index in [1.165, 1.54) is 11.8 Å². The van der Waals surface area contributed by atoms with Gasteiger partial charge in [0, 0.05) is 12.5 Å². The number of amides is 4. The second kappa shape index (κ2) is 24.8. The number of sulfonamides is 2. The van der Waals surface area contributed by atoms with Gasteiger partial charge >= 0.3 is 23.6 Å². The third-order valence-corrected chi connectivity index (χ3v) is 14.7. The minimum atomic E-state index is -3.76. The highest BCUT2D eigenvalue weighted by molar-refractivity contribution is 8.01. The normalized spacial score (nSPS) is 11.6. The van der Waals surface area contributed by atoms with Gasteiger partial charge in [-0.25, -0.2) is 49.6 Å². The van der Waals surface area contributed by atoms with E-state index in [-0.39, 0.29) is 45.1 Å². The zero-order chi connectivity index (χ0) is 51.3. The van der Waals surface area contributed by atoms with Gasteiger partial charge in [0.1, 0.15) is 20.7 Å². The predicted molar refractivity (Wildman–Crippen MR) is 267 cm³/mol. The molecule has 0 atom stereocenters. The highest BCUT2D eigenvalue weighted by Gasteiger charge is 2.25. The van der Waals surface area contributed by atoms with Gasteiger partial charge < -0.3 is 20.1 Å². The summed E-state index contributed by atoms with van der Waals surface area (Å²) in [4.78, 5) is 62.6. The number of sulfone groups is 1. The molecule has 2 aromatic carbocycles. The van der Waals surface area contributed by atoms with Crippen LogP contribution in [0.25, 0.3) is 0 Å². The van der Waals surface area contributed by atoms with Gasteiger partial charge in [-0.15, -0.1) is 0 Å². The molecule has 0 aliphatic carbocycles. The number of anilines is 4. The molecule has 4 amide bonds. The van der Waals surface area contributed by atoms with E-state index in [9.17, 15) is 44.4 Å². The first-order chi connectivity index (χ1) is 32.1. The van der Waals surface area contributed by atoms with E-state index in [1.54, 1.807) is 54.7 Å². The van der Waals surface area contributed by atoms with Crippen LogP contribution in [0.2, 0.25) is 0 Å². The number of benzene rings is 2. The third-order valence-electron chi connectivity index (χ3n) is 8.27. The lowest BCUT2D eigenvalue weighted by molar-refractivity contribution is -0.133. The number of aromatic nitrogens is 3. The average molecular weight is 1070 g/mol. The number of hydrogen-bond donors (Lipinski definition) is 6. The number of ether oxygens (including phenoxy) is 2. The van der Waals surface area contributed by atoms with Crippen molar-refractivity contribution in [3.63, 3.8) is 0 Å². The quantitative estimate of drug-likeness (QED) is 0.0581. The molecule has 0 radical (unpaired) electrons. The number of carbonyl (C=O) groups is 4. The van der Waals surface area contributed by atoms with Crippen molar-refractivity contribution in [2.75, 3.05) is 53.2 Å². The van der Waals surface area contributed by atoms with Crippen molar-refractivity contribution in [3.05, 3.63) is 83.3 Å². The summed E-state index contributed by atoms with van der Waals surface area (Å²) in [5.74, 6) is -2.49. The first-order valence-electron chi connectivity index (χ1n) is 20.5. The van der Waals surface area contributed by atoms with E-state index in [4.69, 9.17) is 9.47 Å². The van der Waals surface area contributed by atoms with Crippen LogP contribution in [0, 0.1) is 25.7 Å². The molecule has 374 valence electrons. The van der Waals surface area contributed by atoms with E-state index in [0.29, 0.717) is 62.4 Å². The second-order valence-electron chi connectivity index (χ2n) is 16.0. The van der Waals surface area contributed by atoms with Crippen molar-refractivity contribution in [2.24, 2.45) is 11.8 Å². The standard InChI is InChI=1S/C23H27N5O5S3.C19H26N4O7S3/c1-14(2)13-33-18-11-15(3)8-9-16(18)26-20(29)21(30)28-23-27-17(12-25-36(4,31)32)22(35-23)34-19-7-5-6-10-24-19;1-11(2)10-30-15-8-12(3)6-7-13(15)21-16(24)17(25)23-19-22-14(9-20-33(5,28)29)18(31-19)32(4,26)27/h5-11,14,25H,12-13H2,1-4H3,(H,26,29)(H,27,28,30);6-8,11,20H,9-10H2,1-5H3,(H,21,24)(H,22,23,25). The van der Waals surface area contributed by atoms with Crippen molar-refractivity contribution >= 4 is 110 Å². The predicted octanol–water partition coefficient (Wildman–Crippen LogP) is 5.18. The summed E-state index contributed by atoms with van der Waals surface area (Å²) in [6, 6.07) is 15.8. The van der Waals surface area contributed by atoms with Gasteiger partial charge in [0.2, 0.25) is 20.0 Å². The molecule has 3 heterocycles. The van der Waals surface area contributed by atoms with Gasteiger partial charge in [-0.05, 0) is 73.2 Å². The second-order valence-corrected chi connectivity index (χ2v) is 25.1. The Labute approximate surface area is 413 Å². The molecule has 27 heteroatoms. The maximum atomic E-state index is 12.6. The molecule has 0 fully saturated rings. The van der Waals surface area contributed by atoms with Crippen molar-refractivity contribution in [1.82, 2.24) is 24.4 Å². The third kappa shape index (κ3) is 19.4. The van der Waals surface area contributed by atoms with Gasteiger partial charge in [0.05, 0.1) is 65.8 Å². The highest BCUT2D eigenvalue weighted by Crippen LogP contribution is 2.37. The minimum Gasteiger partial charge on any atom is -0.491 e. The van der Waals surface area contributed by atoms with Crippen molar-refractivity contribution in [1.29, 1.82) is 0 Å². The number of thiazole rings is 2. The Morgan fingerprint density at radius 3 is 1.51 bits per heavy atom. The SMILES string of the molecule is Cc1ccc(NC(=O)C(=O)Nc2nc(CNS(C)(=O)=O)c(S(C)(=O)=O)s2)c(OCC(C)C)c1.Cc1ccc(NC(=O)C(=O)Nc2nc(CNS(C)(=O)=O)c(Sc3ccccn3)s2)c(OCC(C)C)c1. The Morgan fingerprint density at radius 2 is 1.07 bits per heavy atom. The number of nitrogens with zero attached hydrogens (tertiary/aromatic N) is 3. The molecule has 0 spiro atoms. The molecular formula is C42H53N9O12S6. The van der Waals surface area contributed by atoms with Crippen LogP contribution in [-0.2, 0) is 62.2 Å². The van der Waals surface area contributed by atoms with E-state index >= 15 is 0 Å². The molecule has 5 aromatic rings. The highest BCUT2D eigenvalue weighted by atomic mass is 32.2. The van der Waals surface area contributed by atoms with Crippen LogP contribution in [0.3, 0.4) is 0 Å². The molecule has 0 unspecified atom stereocenters. The largest absolute Gasteiger partial charge is 0.491 e. The van der Waals surface area contributed by atoms with Gasteiger partial charge in [0.15, 0.2) is 20.1 Å². The average Bonchev–Trinajstić information content (AvgIpc) is 3.85. The Hall–Kier alpha value is -5.55. The molecule has 6 N–H and O–H groups in total. The Bertz CT molecular complexity index is 2980. The lowest BCUT2D eigenvalue weighted by Gasteiger charge is -2.14. The molecule has 0 saturated carbocycles. The molecule has 0 aliphatic heterocycles. The molecular weight excluding hydrogens is 1010 g/mol. The Balaban J connectivity index is 0.000000302. The van der Waals surface area contributed by atoms with Crippen molar-refractivity contribution in [2.45, 2.75) is 68.1 Å². The van der Waals surface area contributed by atoms with E-state index in [0.717, 1.165) is 41.2 Å². The Morgan fingerprint density at radius 1 is 0.623 bits per heavy atom. The van der Waals surface area contributed by atoms with Gasteiger partial charge in [-0.1, -0.05) is 80.3 Å². The summed E-state index contributed by atoms with van der Waals surface area (Å²) in [6.45, 7) is 12.1. The van der Waals surface area contributed by atoms with Crippen LogP contribution in [-0.4, -0.2) is 95.8 Å². The summed E-state index contributed by atoms with van der Waals surface area (Å²) in [7, 11) is -10.8. The number of aryl methyl sites for hydroxylation is 2. The smallest absolute Gasteiger partial charge is 0.315 e. The van der Waals surface area contributed by atoms with Crippen molar-refractivity contribution < 1.29 is 53.9 Å². The summed E-state index contributed by atoms with van der Waals surface area (Å²) in [5.41, 5.74) is 2.85. The van der Waals surface area contributed by atoms with E-state index in [1.807, 2.05) is 47.6 Å². The number of carbonyl (C=O) groups excluding carboxylic acids is 4. The zero-order valence-corrected chi connectivity index (χ0v) is 43.8. The fourth-order valence-electron chi connectivity index (χ4n) is 5.16. The van der Waals surface area contributed by atoms with Gasteiger partial charge in [-0.2, -0.15) is 0 Å². The molecule has 21 nitrogen and oxygen atoms in total. The van der Waals surface area contributed by atoms with E-state index in [2.05, 4.69) is 45.7 Å². The molecule has 3 aromatic heterocycles. The van der Waals surface area contributed by atoms with Gasteiger partial charge in [-0.3, -0.25) is 29.8 Å². The van der Waals surface area contributed by atoms with Crippen molar-refractivity contribution in [3.8, 4) is 11.5 Å². The fraction of sp³-hybridized carbons (Fsp3) is 0.357. The van der Waals surface area contributed by atoms with E-state index < -0.39 is 53.5 Å². The number of pyridine rings is 1. The molecule has 5 rings (SSSR count). The first-order valence-corrected chi connectivity index (χ1v) is 28.7. The van der Waals surface area contributed by atoms with Crippen LogP contribution < -0.4 is 40.2 Å². The molecule has 0 aliphatic rings. The number of hydrogen-bond acceptors (Lipinski definition) is 18. The molecule has 69 heavy (non-hydrogen) atoms. The summed E-state index contributed by atoms with van der Waals surface area (Å²) in [6.07, 6.45) is 4.52.